The summed E-state index contributed by atoms with van der Waals surface area (Å²) < 4.78 is 5.60. The Balaban J connectivity index is 1.95. The molecule has 2 aromatic rings. The Labute approximate surface area is 100 Å². The molecule has 2 aromatic heterocycles. The molecule has 16 heavy (non-hydrogen) atoms. The maximum atomic E-state index is 11.2. The third kappa shape index (κ3) is 2.52. The van der Waals surface area contributed by atoms with Crippen LogP contribution in [-0.4, -0.2) is 16.5 Å². The number of H-pyrrole nitrogens is 1. The number of hydrogen-bond acceptors (Lipinski definition) is 4. The molecule has 0 fully saturated rings. The van der Waals surface area contributed by atoms with Crippen molar-refractivity contribution < 1.29 is 4.42 Å². The summed E-state index contributed by atoms with van der Waals surface area (Å²) in [7, 11) is 0. The van der Waals surface area contributed by atoms with Gasteiger partial charge in [-0.1, -0.05) is 0 Å². The highest BCUT2D eigenvalue weighted by molar-refractivity contribution is 9.10. The highest BCUT2D eigenvalue weighted by atomic mass is 79.9. The van der Waals surface area contributed by atoms with Crippen LogP contribution in [0, 0.1) is 0 Å². The Hall–Kier alpha value is -1.56. The van der Waals surface area contributed by atoms with Crippen LogP contribution in [0.3, 0.4) is 0 Å². The van der Waals surface area contributed by atoms with Crippen LogP contribution in [0.2, 0.25) is 0 Å². The van der Waals surface area contributed by atoms with Crippen LogP contribution < -0.4 is 10.9 Å². The minimum Gasteiger partial charge on any atom is -0.469 e. The Kier molecular flexibility index (Phi) is 3.40. The molecule has 6 heteroatoms. The van der Waals surface area contributed by atoms with Crippen LogP contribution in [0.1, 0.15) is 5.76 Å². The smallest absolute Gasteiger partial charge is 0.267 e. The number of aromatic amines is 1. The van der Waals surface area contributed by atoms with Crippen LogP contribution in [0.4, 0.5) is 5.82 Å². The van der Waals surface area contributed by atoms with Crippen molar-refractivity contribution >= 4 is 21.7 Å². The molecular formula is C10H10BrN3O2. The van der Waals surface area contributed by atoms with Crippen molar-refractivity contribution in [3.63, 3.8) is 0 Å². The Morgan fingerprint density at radius 1 is 1.56 bits per heavy atom. The summed E-state index contributed by atoms with van der Waals surface area (Å²) in [5.74, 6) is 1.43. The van der Waals surface area contributed by atoms with Gasteiger partial charge in [0.15, 0.2) is 0 Å². The summed E-state index contributed by atoms with van der Waals surface area (Å²) in [4.78, 5) is 17.7. The summed E-state index contributed by atoms with van der Waals surface area (Å²) in [5.41, 5.74) is -0.199. The minimum absolute atomic E-state index is 0.199. The van der Waals surface area contributed by atoms with E-state index in [9.17, 15) is 4.79 Å². The second kappa shape index (κ2) is 4.98. The number of anilines is 1. The van der Waals surface area contributed by atoms with Crippen molar-refractivity contribution in [1.82, 2.24) is 9.97 Å². The number of rotatable bonds is 4. The van der Waals surface area contributed by atoms with E-state index in [1.165, 1.54) is 6.33 Å². The molecule has 5 nitrogen and oxygen atoms in total. The molecule has 0 unspecified atom stereocenters. The van der Waals surface area contributed by atoms with Gasteiger partial charge in [0.1, 0.15) is 16.1 Å². The van der Waals surface area contributed by atoms with Crippen molar-refractivity contribution in [3.05, 3.63) is 45.3 Å². The standard InChI is InChI=1S/C10H10BrN3O2/c11-8-9(13-6-14-10(8)15)12-4-3-7-2-1-5-16-7/h1-2,5-6H,3-4H2,(H2,12,13,14,15). The lowest BCUT2D eigenvalue weighted by Crippen LogP contribution is -2.13. The zero-order valence-corrected chi connectivity index (χ0v) is 9.95. The van der Waals surface area contributed by atoms with Gasteiger partial charge in [-0.05, 0) is 28.1 Å². The number of aromatic nitrogens is 2. The zero-order chi connectivity index (χ0) is 11.4. The number of nitrogens with one attached hydrogen (secondary N) is 2. The maximum Gasteiger partial charge on any atom is 0.267 e. The lowest BCUT2D eigenvalue weighted by atomic mass is 10.3. The molecule has 84 valence electrons. The zero-order valence-electron chi connectivity index (χ0n) is 8.37. The first-order chi connectivity index (χ1) is 7.77. The van der Waals surface area contributed by atoms with E-state index in [0.717, 1.165) is 12.2 Å². The predicted molar refractivity (Wildman–Crippen MR) is 63.5 cm³/mol. The third-order valence-electron chi connectivity index (χ3n) is 2.04. The van der Waals surface area contributed by atoms with Gasteiger partial charge in [0, 0.05) is 13.0 Å². The monoisotopic (exact) mass is 283 g/mol. The second-order valence-corrected chi connectivity index (χ2v) is 3.94. The molecule has 0 aromatic carbocycles. The Bertz CT molecular complexity index is 507. The summed E-state index contributed by atoms with van der Waals surface area (Å²) in [6, 6.07) is 3.75. The third-order valence-corrected chi connectivity index (χ3v) is 2.78. The van der Waals surface area contributed by atoms with Crippen molar-refractivity contribution in [2.45, 2.75) is 6.42 Å². The Morgan fingerprint density at radius 2 is 2.44 bits per heavy atom. The first-order valence-corrected chi connectivity index (χ1v) is 5.56. The van der Waals surface area contributed by atoms with Gasteiger partial charge in [-0.25, -0.2) is 4.98 Å². The van der Waals surface area contributed by atoms with E-state index >= 15 is 0 Å². The molecule has 0 amide bonds. The molecule has 0 aliphatic rings. The molecule has 0 spiro atoms. The summed E-state index contributed by atoms with van der Waals surface area (Å²) in [6.07, 6.45) is 3.74. The SMILES string of the molecule is O=c1[nH]cnc(NCCc2ccco2)c1Br. The molecule has 0 aliphatic carbocycles. The van der Waals surface area contributed by atoms with Crippen LogP contribution in [-0.2, 0) is 6.42 Å². The fourth-order valence-corrected chi connectivity index (χ4v) is 1.62. The first-order valence-electron chi connectivity index (χ1n) is 4.77. The predicted octanol–water partition coefficient (Wildman–Crippen LogP) is 1.78. The van der Waals surface area contributed by atoms with E-state index < -0.39 is 0 Å². The Morgan fingerprint density at radius 3 is 3.19 bits per heavy atom. The number of hydrogen-bond donors (Lipinski definition) is 2. The molecular weight excluding hydrogens is 274 g/mol. The molecule has 0 atom stereocenters. The van der Waals surface area contributed by atoms with E-state index in [1.807, 2.05) is 12.1 Å². The topological polar surface area (TPSA) is 70.9 Å². The molecule has 2 heterocycles. The van der Waals surface area contributed by atoms with Crippen LogP contribution in [0.25, 0.3) is 0 Å². The van der Waals surface area contributed by atoms with Gasteiger partial charge in [-0.2, -0.15) is 0 Å². The normalized spacial score (nSPS) is 10.3. The van der Waals surface area contributed by atoms with Crippen LogP contribution in [0.15, 0.2) is 38.4 Å². The minimum atomic E-state index is -0.199. The van der Waals surface area contributed by atoms with Crippen molar-refractivity contribution in [1.29, 1.82) is 0 Å². The maximum absolute atomic E-state index is 11.2. The van der Waals surface area contributed by atoms with E-state index in [-0.39, 0.29) is 5.56 Å². The molecule has 0 saturated heterocycles. The van der Waals surface area contributed by atoms with Gasteiger partial charge in [0.25, 0.3) is 5.56 Å². The number of nitrogens with zero attached hydrogens (tertiary/aromatic N) is 1. The van der Waals surface area contributed by atoms with Crippen molar-refractivity contribution in [2.75, 3.05) is 11.9 Å². The molecule has 0 bridgehead atoms. The second-order valence-electron chi connectivity index (χ2n) is 3.15. The van der Waals surface area contributed by atoms with Gasteiger partial charge in [-0.3, -0.25) is 4.79 Å². The van der Waals surface area contributed by atoms with Gasteiger partial charge in [0.05, 0.1) is 12.6 Å². The molecule has 0 aliphatic heterocycles. The number of halogens is 1. The largest absolute Gasteiger partial charge is 0.469 e. The fourth-order valence-electron chi connectivity index (χ4n) is 1.27. The summed E-state index contributed by atoms with van der Waals surface area (Å²) >= 11 is 3.17. The average molecular weight is 284 g/mol. The van der Waals surface area contributed by atoms with E-state index in [4.69, 9.17) is 4.42 Å². The molecule has 0 radical (unpaired) electrons. The van der Waals surface area contributed by atoms with Gasteiger partial charge < -0.3 is 14.7 Å². The summed E-state index contributed by atoms with van der Waals surface area (Å²) in [5, 5.41) is 3.05. The van der Waals surface area contributed by atoms with Gasteiger partial charge in [-0.15, -0.1) is 0 Å². The quantitative estimate of drug-likeness (QED) is 0.897. The van der Waals surface area contributed by atoms with Crippen molar-refractivity contribution in [2.24, 2.45) is 0 Å². The lowest BCUT2D eigenvalue weighted by molar-refractivity contribution is 0.513. The van der Waals surface area contributed by atoms with E-state index in [0.29, 0.717) is 16.8 Å². The average Bonchev–Trinajstić information content (AvgIpc) is 2.77. The van der Waals surface area contributed by atoms with Gasteiger partial charge >= 0.3 is 0 Å². The lowest BCUT2D eigenvalue weighted by Gasteiger charge is -2.04. The van der Waals surface area contributed by atoms with Crippen LogP contribution in [0.5, 0.6) is 0 Å². The fraction of sp³-hybridized carbons (Fsp3) is 0.200. The molecule has 2 N–H and O–H groups in total. The van der Waals surface area contributed by atoms with Crippen molar-refractivity contribution in [3.8, 4) is 0 Å². The highest BCUT2D eigenvalue weighted by Gasteiger charge is 2.04. The van der Waals surface area contributed by atoms with E-state index in [2.05, 4.69) is 31.2 Å². The molecule has 0 saturated carbocycles. The molecule has 2 rings (SSSR count). The number of furan rings is 1. The van der Waals surface area contributed by atoms with Crippen LogP contribution >= 0.6 is 15.9 Å². The van der Waals surface area contributed by atoms with E-state index in [1.54, 1.807) is 6.26 Å². The first kappa shape index (κ1) is 10.9. The highest BCUT2D eigenvalue weighted by Crippen LogP contribution is 2.13. The summed E-state index contributed by atoms with van der Waals surface area (Å²) in [6.45, 7) is 0.655. The van der Waals surface area contributed by atoms with Gasteiger partial charge in [0.2, 0.25) is 0 Å².